The number of carboxylic acid groups (broad SMARTS) is 1. The Morgan fingerprint density at radius 2 is 2.24 bits per heavy atom. The first-order valence-electron chi connectivity index (χ1n) is 5.94. The number of hydrogen-bond acceptors (Lipinski definition) is 4. The van der Waals surface area contributed by atoms with Gasteiger partial charge in [-0.15, -0.1) is 11.8 Å². The van der Waals surface area contributed by atoms with Crippen LogP contribution in [-0.2, 0) is 9.59 Å². The van der Waals surface area contributed by atoms with Crippen LogP contribution in [0.2, 0.25) is 0 Å². The largest absolute Gasteiger partial charge is 0.480 e. The summed E-state index contributed by atoms with van der Waals surface area (Å²) < 4.78 is 0. The van der Waals surface area contributed by atoms with Crippen LogP contribution in [0.3, 0.4) is 0 Å². The Morgan fingerprint density at radius 3 is 2.88 bits per heavy atom. The van der Waals surface area contributed by atoms with Crippen LogP contribution < -0.4 is 5.32 Å². The lowest BCUT2D eigenvalue weighted by Gasteiger charge is -2.31. The van der Waals surface area contributed by atoms with Crippen molar-refractivity contribution in [3.8, 4) is 0 Å². The molecular formula is C11H18N2O3S. The molecule has 0 aliphatic carbocycles. The molecule has 2 aliphatic heterocycles. The monoisotopic (exact) mass is 258 g/mol. The Balaban J connectivity index is 2.01. The van der Waals surface area contributed by atoms with E-state index in [0.717, 1.165) is 19.4 Å². The van der Waals surface area contributed by atoms with Crippen LogP contribution in [0.25, 0.3) is 0 Å². The maximum Gasteiger partial charge on any atom is 0.327 e. The number of hydrogen-bond donors (Lipinski definition) is 2. The maximum atomic E-state index is 12.3. The Bertz CT molecular complexity index is 324. The van der Waals surface area contributed by atoms with E-state index in [2.05, 4.69) is 12.2 Å². The molecule has 5 nitrogen and oxygen atoms in total. The zero-order valence-corrected chi connectivity index (χ0v) is 10.7. The van der Waals surface area contributed by atoms with Crippen LogP contribution in [0.5, 0.6) is 0 Å². The van der Waals surface area contributed by atoms with E-state index in [1.165, 1.54) is 16.7 Å². The third kappa shape index (κ3) is 2.74. The first kappa shape index (κ1) is 12.7. The van der Waals surface area contributed by atoms with Crippen LogP contribution in [0.4, 0.5) is 0 Å². The van der Waals surface area contributed by atoms with E-state index in [1.807, 2.05) is 0 Å². The van der Waals surface area contributed by atoms with Crippen molar-refractivity contribution in [2.75, 3.05) is 18.2 Å². The molecule has 0 spiro atoms. The molecule has 2 aliphatic rings. The van der Waals surface area contributed by atoms with Crippen LogP contribution in [0.1, 0.15) is 19.8 Å². The second-order valence-electron chi connectivity index (χ2n) is 4.74. The normalized spacial score (nSPS) is 33.7. The highest BCUT2D eigenvalue weighted by atomic mass is 32.2. The quantitative estimate of drug-likeness (QED) is 0.748. The molecule has 2 rings (SSSR count). The third-order valence-corrected chi connectivity index (χ3v) is 4.44. The summed E-state index contributed by atoms with van der Waals surface area (Å²) in [6.07, 6.45) is 1.63. The van der Waals surface area contributed by atoms with Gasteiger partial charge in [-0.1, -0.05) is 0 Å². The number of piperidine rings is 1. The zero-order chi connectivity index (χ0) is 12.4. The van der Waals surface area contributed by atoms with E-state index < -0.39 is 12.0 Å². The van der Waals surface area contributed by atoms with E-state index in [-0.39, 0.29) is 11.8 Å². The number of nitrogens with one attached hydrogen (secondary N) is 1. The summed E-state index contributed by atoms with van der Waals surface area (Å²) in [5, 5.41) is 12.4. The van der Waals surface area contributed by atoms with Crippen molar-refractivity contribution in [1.82, 2.24) is 10.2 Å². The number of carboxylic acids is 1. The maximum absolute atomic E-state index is 12.3. The number of carbonyl (C=O) groups is 2. The van der Waals surface area contributed by atoms with Crippen molar-refractivity contribution < 1.29 is 14.7 Å². The van der Waals surface area contributed by atoms with E-state index in [9.17, 15) is 9.59 Å². The fourth-order valence-corrected chi connectivity index (χ4v) is 3.61. The molecule has 2 heterocycles. The van der Waals surface area contributed by atoms with Gasteiger partial charge in [0, 0.05) is 17.7 Å². The van der Waals surface area contributed by atoms with Crippen molar-refractivity contribution in [3.63, 3.8) is 0 Å². The van der Waals surface area contributed by atoms with Crippen molar-refractivity contribution in [2.24, 2.45) is 5.92 Å². The Kier molecular flexibility index (Phi) is 3.93. The predicted molar refractivity (Wildman–Crippen MR) is 65.8 cm³/mol. The summed E-state index contributed by atoms with van der Waals surface area (Å²) >= 11 is 1.52. The van der Waals surface area contributed by atoms with E-state index in [1.54, 1.807) is 0 Å². The SMILES string of the molecule is CC1CC(C(=O)N2CSC[C@H]2C(=O)O)CCN1. The van der Waals surface area contributed by atoms with Gasteiger partial charge in [0.05, 0.1) is 5.88 Å². The van der Waals surface area contributed by atoms with Crippen molar-refractivity contribution >= 4 is 23.6 Å². The van der Waals surface area contributed by atoms with Crippen LogP contribution >= 0.6 is 11.8 Å². The van der Waals surface area contributed by atoms with E-state index >= 15 is 0 Å². The van der Waals surface area contributed by atoms with Gasteiger partial charge >= 0.3 is 5.97 Å². The molecule has 0 aromatic carbocycles. The number of aliphatic carboxylic acids is 1. The molecule has 2 fully saturated rings. The first-order chi connectivity index (χ1) is 8.09. The number of carbonyl (C=O) groups excluding carboxylic acids is 1. The lowest BCUT2D eigenvalue weighted by Crippen LogP contribution is -2.48. The number of thioether (sulfide) groups is 1. The van der Waals surface area contributed by atoms with Crippen LogP contribution in [-0.4, -0.2) is 52.1 Å². The van der Waals surface area contributed by atoms with Crippen LogP contribution in [0, 0.1) is 5.92 Å². The smallest absolute Gasteiger partial charge is 0.327 e. The number of nitrogens with zero attached hydrogens (tertiary/aromatic N) is 1. The molecule has 2 N–H and O–H groups in total. The summed E-state index contributed by atoms with van der Waals surface area (Å²) in [6, 6.07) is -0.283. The molecule has 0 aromatic rings. The summed E-state index contributed by atoms with van der Waals surface area (Å²) in [7, 11) is 0. The molecule has 0 bridgehead atoms. The van der Waals surface area contributed by atoms with Gasteiger partial charge in [-0.25, -0.2) is 4.79 Å². The molecule has 6 heteroatoms. The Morgan fingerprint density at radius 1 is 1.47 bits per heavy atom. The highest BCUT2D eigenvalue weighted by Gasteiger charge is 2.38. The Labute approximate surface area is 105 Å². The van der Waals surface area contributed by atoms with Gasteiger partial charge in [-0.2, -0.15) is 0 Å². The predicted octanol–water partition coefficient (Wildman–Crippen LogP) is 0.361. The molecule has 0 radical (unpaired) electrons. The summed E-state index contributed by atoms with van der Waals surface area (Å²) in [5.74, 6) is 0.170. The highest BCUT2D eigenvalue weighted by molar-refractivity contribution is 7.99. The summed E-state index contributed by atoms with van der Waals surface area (Å²) in [5.41, 5.74) is 0. The fourth-order valence-electron chi connectivity index (χ4n) is 2.46. The first-order valence-corrected chi connectivity index (χ1v) is 7.09. The minimum Gasteiger partial charge on any atom is -0.480 e. The summed E-state index contributed by atoms with van der Waals surface area (Å²) in [6.45, 7) is 2.91. The minimum absolute atomic E-state index is 0.00759. The van der Waals surface area contributed by atoms with Crippen molar-refractivity contribution in [1.29, 1.82) is 0 Å². The van der Waals surface area contributed by atoms with Crippen molar-refractivity contribution in [3.05, 3.63) is 0 Å². The fraction of sp³-hybridized carbons (Fsp3) is 0.818. The second-order valence-corrected chi connectivity index (χ2v) is 5.74. The average molecular weight is 258 g/mol. The lowest BCUT2D eigenvalue weighted by atomic mass is 9.92. The number of amides is 1. The standard InChI is InChI=1S/C11H18N2O3S/c1-7-4-8(2-3-12-7)10(14)13-6-17-5-9(13)11(15)16/h7-9,12H,2-6H2,1H3,(H,15,16)/t7?,8?,9-/m0/s1. The zero-order valence-electron chi connectivity index (χ0n) is 9.89. The van der Waals surface area contributed by atoms with Gasteiger partial charge in [0.25, 0.3) is 0 Å². The molecule has 17 heavy (non-hydrogen) atoms. The average Bonchev–Trinajstić information content (AvgIpc) is 2.77. The molecule has 0 aromatic heterocycles. The Hall–Kier alpha value is -0.750. The van der Waals surface area contributed by atoms with Gasteiger partial charge in [-0.3, -0.25) is 4.79 Å². The van der Waals surface area contributed by atoms with E-state index in [4.69, 9.17) is 5.11 Å². The van der Waals surface area contributed by atoms with Gasteiger partial charge in [0.2, 0.25) is 5.91 Å². The molecule has 3 atom stereocenters. The second kappa shape index (κ2) is 5.27. The van der Waals surface area contributed by atoms with Gasteiger partial charge in [0.15, 0.2) is 0 Å². The summed E-state index contributed by atoms with van der Waals surface area (Å²) in [4.78, 5) is 24.9. The molecule has 2 unspecified atom stereocenters. The molecule has 2 saturated heterocycles. The highest BCUT2D eigenvalue weighted by Crippen LogP contribution is 2.26. The van der Waals surface area contributed by atoms with Gasteiger partial charge in [-0.05, 0) is 26.3 Å². The molecule has 1 amide bonds. The van der Waals surface area contributed by atoms with Gasteiger partial charge < -0.3 is 15.3 Å². The lowest BCUT2D eigenvalue weighted by molar-refractivity contribution is -0.149. The molecular weight excluding hydrogens is 240 g/mol. The topological polar surface area (TPSA) is 69.6 Å². The third-order valence-electron chi connectivity index (χ3n) is 3.42. The number of rotatable bonds is 2. The minimum atomic E-state index is -0.884. The molecule has 96 valence electrons. The van der Waals surface area contributed by atoms with Crippen LogP contribution in [0.15, 0.2) is 0 Å². The van der Waals surface area contributed by atoms with Crippen molar-refractivity contribution in [2.45, 2.75) is 31.8 Å². The van der Waals surface area contributed by atoms with E-state index in [0.29, 0.717) is 17.7 Å². The molecule has 0 saturated carbocycles. The van der Waals surface area contributed by atoms with Gasteiger partial charge in [0.1, 0.15) is 6.04 Å².